The third-order valence-electron chi connectivity index (χ3n) is 2.58. The van der Waals surface area contributed by atoms with Crippen LogP contribution in [0.5, 0.6) is 5.75 Å². The van der Waals surface area contributed by atoms with Crippen LogP contribution in [0.4, 0.5) is 0 Å². The van der Waals surface area contributed by atoms with Gasteiger partial charge in [-0.15, -0.1) is 11.8 Å². The Hall–Kier alpha value is -1.18. The largest absolute Gasteiger partial charge is 0.497 e. The zero-order valence-electron chi connectivity index (χ0n) is 11.2. The SMILES string of the molecule is CCCNC(C)(C#N)CSc1cccc(OC)c1. The average Bonchev–Trinajstić information content (AvgIpc) is 2.43. The van der Waals surface area contributed by atoms with Gasteiger partial charge in [0.15, 0.2) is 0 Å². The summed E-state index contributed by atoms with van der Waals surface area (Å²) in [6, 6.07) is 10.3. The Morgan fingerprint density at radius 2 is 2.28 bits per heavy atom. The van der Waals surface area contributed by atoms with Crippen molar-refractivity contribution in [3.8, 4) is 11.8 Å². The molecule has 0 radical (unpaired) electrons. The number of methoxy groups -OCH3 is 1. The Morgan fingerprint density at radius 1 is 1.50 bits per heavy atom. The fourth-order valence-corrected chi connectivity index (χ4v) is 2.44. The van der Waals surface area contributed by atoms with E-state index >= 15 is 0 Å². The van der Waals surface area contributed by atoms with Gasteiger partial charge in [-0.3, -0.25) is 5.32 Å². The Kier molecular flexibility index (Phi) is 6.03. The van der Waals surface area contributed by atoms with E-state index in [4.69, 9.17) is 4.74 Å². The highest BCUT2D eigenvalue weighted by atomic mass is 32.2. The summed E-state index contributed by atoms with van der Waals surface area (Å²) >= 11 is 1.67. The van der Waals surface area contributed by atoms with Crippen molar-refractivity contribution in [1.29, 1.82) is 5.26 Å². The molecule has 0 aliphatic heterocycles. The summed E-state index contributed by atoms with van der Waals surface area (Å²) in [5, 5.41) is 12.5. The van der Waals surface area contributed by atoms with Crippen LogP contribution < -0.4 is 10.1 Å². The van der Waals surface area contributed by atoms with E-state index in [1.807, 2.05) is 31.2 Å². The van der Waals surface area contributed by atoms with Gasteiger partial charge in [-0.2, -0.15) is 5.26 Å². The number of nitriles is 1. The van der Waals surface area contributed by atoms with Crippen molar-refractivity contribution in [2.24, 2.45) is 0 Å². The number of benzene rings is 1. The fourth-order valence-electron chi connectivity index (χ4n) is 1.44. The van der Waals surface area contributed by atoms with Gasteiger partial charge in [-0.05, 0) is 38.1 Å². The van der Waals surface area contributed by atoms with Gasteiger partial charge in [-0.25, -0.2) is 0 Å². The van der Waals surface area contributed by atoms with Crippen molar-refractivity contribution in [1.82, 2.24) is 5.32 Å². The second kappa shape index (κ2) is 7.30. The quantitative estimate of drug-likeness (QED) is 0.769. The molecule has 0 saturated carbocycles. The van der Waals surface area contributed by atoms with Crippen LogP contribution in [0.15, 0.2) is 29.2 Å². The molecule has 1 atom stereocenters. The van der Waals surface area contributed by atoms with Gasteiger partial charge in [0.25, 0.3) is 0 Å². The molecule has 0 heterocycles. The predicted molar refractivity (Wildman–Crippen MR) is 76.0 cm³/mol. The lowest BCUT2D eigenvalue weighted by Gasteiger charge is -2.22. The number of ether oxygens (including phenoxy) is 1. The normalized spacial score (nSPS) is 13.7. The number of nitrogens with zero attached hydrogens (tertiary/aromatic N) is 1. The second-order valence-electron chi connectivity index (χ2n) is 4.34. The summed E-state index contributed by atoms with van der Waals surface area (Å²) in [6.07, 6.45) is 1.03. The summed E-state index contributed by atoms with van der Waals surface area (Å²) in [5.74, 6) is 1.57. The first-order chi connectivity index (χ1) is 8.63. The van der Waals surface area contributed by atoms with Crippen LogP contribution in [-0.2, 0) is 0 Å². The van der Waals surface area contributed by atoms with Crippen LogP contribution >= 0.6 is 11.8 Å². The van der Waals surface area contributed by atoms with E-state index in [1.54, 1.807) is 18.9 Å². The molecule has 0 bridgehead atoms. The van der Waals surface area contributed by atoms with Crippen molar-refractivity contribution >= 4 is 11.8 Å². The molecule has 0 spiro atoms. The summed E-state index contributed by atoms with van der Waals surface area (Å²) < 4.78 is 5.18. The molecule has 1 rings (SSSR count). The molecule has 0 amide bonds. The second-order valence-corrected chi connectivity index (χ2v) is 5.39. The average molecular weight is 264 g/mol. The van der Waals surface area contributed by atoms with Gasteiger partial charge in [0.1, 0.15) is 11.3 Å². The monoisotopic (exact) mass is 264 g/mol. The Morgan fingerprint density at radius 3 is 2.89 bits per heavy atom. The van der Waals surface area contributed by atoms with Crippen LogP contribution in [-0.4, -0.2) is 24.9 Å². The van der Waals surface area contributed by atoms with Gasteiger partial charge in [-0.1, -0.05) is 13.0 Å². The molecule has 0 aromatic heterocycles. The lowest BCUT2D eigenvalue weighted by atomic mass is 10.1. The summed E-state index contributed by atoms with van der Waals surface area (Å²) in [7, 11) is 1.66. The summed E-state index contributed by atoms with van der Waals surface area (Å²) in [6.45, 7) is 4.90. The maximum atomic E-state index is 9.24. The van der Waals surface area contributed by atoms with Crippen LogP contribution in [0.2, 0.25) is 0 Å². The Bertz CT molecular complexity index is 417. The molecule has 98 valence electrons. The lowest BCUT2D eigenvalue weighted by molar-refractivity contribution is 0.413. The number of thioether (sulfide) groups is 1. The minimum atomic E-state index is -0.482. The van der Waals surface area contributed by atoms with Gasteiger partial charge in [0, 0.05) is 10.6 Å². The molecule has 1 aromatic carbocycles. The molecule has 1 N–H and O–H groups in total. The van der Waals surface area contributed by atoms with E-state index in [2.05, 4.69) is 18.3 Å². The predicted octanol–water partition coefficient (Wildman–Crippen LogP) is 3.07. The van der Waals surface area contributed by atoms with E-state index in [9.17, 15) is 5.26 Å². The molecule has 18 heavy (non-hydrogen) atoms. The highest BCUT2D eigenvalue weighted by Gasteiger charge is 2.22. The van der Waals surface area contributed by atoms with Gasteiger partial charge in [0.05, 0.1) is 13.2 Å². The third-order valence-corrected chi connectivity index (χ3v) is 3.89. The minimum absolute atomic E-state index is 0.482. The van der Waals surface area contributed by atoms with Crippen molar-refractivity contribution in [3.05, 3.63) is 24.3 Å². The van der Waals surface area contributed by atoms with Gasteiger partial charge >= 0.3 is 0 Å². The molecule has 1 aromatic rings. The van der Waals surface area contributed by atoms with Crippen LogP contribution in [0.25, 0.3) is 0 Å². The zero-order chi connectivity index (χ0) is 13.4. The van der Waals surface area contributed by atoms with Crippen LogP contribution in [0, 0.1) is 11.3 Å². The number of nitrogens with one attached hydrogen (secondary N) is 1. The topological polar surface area (TPSA) is 45.0 Å². The Balaban J connectivity index is 2.59. The number of hydrogen-bond acceptors (Lipinski definition) is 4. The molecule has 3 nitrogen and oxygen atoms in total. The first-order valence-corrected chi connectivity index (χ1v) is 7.05. The lowest BCUT2D eigenvalue weighted by Crippen LogP contribution is -2.43. The van der Waals surface area contributed by atoms with Gasteiger partial charge < -0.3 is 4.74 Å². The van der Waals surface area contributed by atoms with Gasteiger partial charge in [0.2, 0.25) is 0 Å². The number of hydrogen-bond donors (Lipinski definition) is 1. The first kappa shape index (κ1) is 14.9. The van der Waals surface area contributed by atoms with Crippen LogP contribution in [0.3, 0.4) is 0 Å². The van der Waals surface area contributed by atoms with Crippen molar-refractivity contribution < 1.29 is 4.74 Å². The molecule has 0 saturated heterocycles. The zero-order valence-corrected chi connectivity index (χ0v) is 12.0. The van der Waals surface area contributed by atoms with Crippen molar-refractivity contribution in [2.75, 3.05) is 19.4 Å². The van der Waals surface area contributed by atoms with Crippen LogP contribution in [0.1, 0.15) is 20.3 Å². The van der Waals surface area contributed by atoms with E-state index in [1.165, 1.54) is 0 Å². The van der Waals surface area contributed by atoms with E-state index in [-0.39, 0.29) is 0 Å². The fraction of sp³-hybridized carbons (Fsp3) is 0.500. The Labute approximate surface area is 114 Å². The summed E-state index contributed by atoms with van der Waals surface area (Å²) in [4.78, 5) is 1.12. The molecule has 0 fully saturated rings. The molecular weight excluding hydrogens is 244 g/mol. The summed E-state index contributed by atoms with van der Waals surface area (Å²) in [5.41, 5.74) is -0.482. The van der Waals surface area contributed by atoms with E-state index < -0.39 is 5.54 Å². The molecular formula is C14H20N2OS. The van der Waals surface area contributed by atoms with Crippen molar-refractivity contribution in [3.63, 3.8) is 0 Å². The third kappa shape index (κ3) is 4.59. The smallest absolute Gasteiger partial charge is 0.119 e. The van der Waals surface area contributed by atoms with Crippen molar-refractivity contribution in [2.45, 2.75) is 30.7 Å². The maximum Gasteiger partial charge on any atom is 0.119 e. The molecule has 0 aliphatic rings. The van der Waals surface area contributed by atoms with E-state index in [0.29, 0.717) is 0 Å². The maximum absolute atomic E-state index is 9.24. The van der Waals surface area contributed by atoms with E-state index in [0.717, 1.165) is 29.4 Å². The molecule has 1 unspecified atom stereocenters. The standard InChI is InChI=1S/C14H20N2OS/c1-4-8-16-14(2,10-15)11-18-13-7-5-6-12(9-13)17-3/h5-7,9,16H,4,8,11H2,1-3H3. The molecule has 4 heteroatoms. The first-order valence-electron chi connectivity index (χ1n) is 6.06. The highest BCUT2D eigenvalue weighted by molar-refractivity contribution is 7.99. The highest BCUT2D eigenvalue weighted by Crippen LogP contribution is 2.25. The molecule has 0 aliphatic carbocycles. The number of rotatable bonds is 7. The minimum Gasteiger partial charge on any atom is -0.497 e.